The topological polar surface area (TPSA) is 79.6 Å². The van der Waals surface area contributed by atoms with Crippen LogP contribution in [0.2, 0.25) is 10.0 Å². The molecule has 0 radical (unpaired) electrons. The highest BCUT2D eigenvalue weighted by atomic mass is 35.5. The predicted octanol–water partition coefficient (Wildman–Crippen LogP) is 2.99. The first kappa shape index (κ1) is 17.8. The number of nitrogens with one attached hydrogen (secondary N) is 1. The molecule has 1 N–H and O–H groups in total. The molecular weight excluding hydrogens is 363 g/mol. The summed E-state index contributed by atoms with van der Waals surface area (Å²) >= 11 is 11.7. The predicted molar refractivity (Wildman–Crippen MR) is 89.1 cm³/mol. The number of halogens is 2. The maximum absolute atomic E-state index is 12.1. The summed E-state index contributed by atoms with van der Waals surface area (Å²) in [4.78, 5) is 12.1. The number of hydrogen-bond donors (Lipinski definition) is 1. The molecule has 0 spiro atoms. The largest absolute Gasteiger partial charge is 0.468 e. The number of rotatable bonds is 6. The van der Waals surface area contributed by atoms with Gasteiger partial charge in [0.15, 0.2) is 0 Å². The standard InChI is InChI=1S/C14H14Cl2N2O4S/c1-23(20,21)18(8-13-3-2-4-22-13)9-14(19)17-12-6-10(15)5-11(16)7-12/h2-7H,8-9H2,1H3,(H,17,19). The zero-order valence-electron chi connectivity index (χ0n) is 12.1. The third-order valence-corrected chi connectivity index (χ3v) is 4.48. The number of hydrogen-bond acceptors (Lipinski definition) is 4. The van der Waals surface area contributed by atoms with Gasteiger partial charge in [0, 0.05) is 15.7 Å². The molecule has 0 saturated carbocycles. The van der Waals surface area contributed by atoms with E-state index in [2.05, 4.69) is 5.32 Å². The summed E-state index contributed by atoms with van der Waals surface area (Å²) in [5.74, 6) is -0.0747. The van der Waals surface area contributed by atoms with E-state index < -0.39 is 15.9 Å². The van der Waals surface area contributed by atoms with Gasteiger partial charge >= 0.3 is 0 Å². The van der Waals surface area contributed by atoms with Crippen molar-refractivity contribution in [2.24, 2.45) is 0 Å². The quantitative estimate of drug-likeness (QED) is 0.840. The lowest BCUT2D eigenvalue weighted by Gasteiger charge is -2.18. The van der Waals surface area contributed by atoms with Crippen molar-refractivity contribution in [2.45, 2.75) is 6.54 Å². The SMILES string of the molecule is CS(=O)(=O)N(CC(=O)Nc1cc(Cl)cc(Cl)c1)Cc1ccco1. The molecule has 0 atom stereocenters. The molecule has 6 nitrogen and oxygen atoms in total. The van der Waals surface area contributed by atoms with E-state index >= 15 is 0 Å². The van der Waals surface area contributed by atoms with Crippen LogP contribution in [0.3, 0.4) is 0 Å². The molecule has 2 rings (SSSR count). The van der Waals surface area contributed by atoms with Crippen molar-refractivity contribution < 1.29 is 17.6 Å². The molecule has 9 heteroatoms. The van der Waals surface area contributed by atoms with Crippen LogP contribution in [0, 0.1) is 0 Å². The van der Waals surface area contributed by atoms with Crippen molar-refractivity contribution in [2.75, 3.05) is 18.1 Å². The van der Waals surface area contributed by atoms with Gasteiger partial charge in [0.1, 0.15) is 5.76 Å². The Bertz CT molecular complexity index is 771. The highest BCUT2D eigenvalue weighted by Crippen LogP contribution is 2.22. The average molecular weight is 377 g/mol. The number of carbonyl (C=O) groups excluding carboxylic acids is 1. The minimum atomic E-state index is -3.58. The van der Waals surface area contributed by atoms with Crippen LogP contribution in [0.5, 0.6) is 0 Å². The Morgan fingerprint density at radius 2 is 1.91 bits per heavy atom. The van der Waals surface area contributed by atoms with Gasteiger partial charge in [-0.1, -0.05) is 23.2 Å². The molecule has 0 aliphatic carbocycles. The fraction of sp³-hybridized carbons (Fsp3) is 0.214. The van der Waals surface area contributed by atoms with Crippen molar-refractivity contribution in [3.8, 4) is 0 Å². The van der Waals surface area contributed by atoms with Crippen molar-refractivity contribution >= 4 is 44.8 Å². The van der Waals surface area contributed by atoms with Crippen LogP contribution in [0.1, 0.15) is 5.76 Å². The van der Waals surface area contributed by atoms with E-state index in [1.165, 1.54) is 24.5 Å². The fourth-order valence-corrected chi connectivity index (χ4v) is 3.09. The monoisotopic (exact) mass is 376 g/mol. The first-order chi connectivity index (χ1) is 10.7. The summed E-state index contributed by atoms with van der Waals surface area (Å²) in [5.41, 5.74) is 0.388. The Balaban J connectivity index is 2.08. The van der Waals surface area contributed by atoms with E-state index in [1.807, 2.05) is 0 Å². The van der Waals surface area contributed by atoms with Crippen molar-refractivity contribution in [1.82, 2.24) is 4.31 Å². The van der Waals surface area contributed by atoms with Gasteiger partial charge in [0.05, 0.1) is 25.6 Å². The lowest BCUT2D eigenvalue weighted by Crippen LogP contribution is -2.36. The number of nitrogens with zero attached hydrogens (tertiary/aromatic N) is 1. The van der Waals surface area contributed by atoms with Crippen LogP contribution in [0.25, 0.3) is 0 Å². The van der Waals surface area contributed by atoms with Gasteiger partial charge in [-0.3, -0.25) is 4.79 Å². The van der Waals surface area contributed by atoms with Crippen molar-refractivity contribution in [1.29, 1.82) is 0 Å². The van der Waals surface area contributed by atoms with Crippen LogP contribution in [0.4, 0.5) is 5.69 Å². The second-order valence-electron chi connectivity index (χ2n) is 4.82. The van der Waals surface area contributed by atoms with Crippen LogP contribution < -0.4 is 5.32 Å². The molecule has 1 amide bonds. The van der Waals surface area contributed by atoms with E-state index in [1.54, 1.807) is 12.1 Å². The van der Waals surface area contributed by atoms with Crippen LogP contribution >= 0.6 is 23.2 Å². The zero-order chi connectivity index (χ0) is 17.0. The van der Waals surface area contributed by atoms with Crippen LogP contribution in [-0.2, 0) is 21.4 Å². The van der Waals surface area contributed by atoms with E-state index in [0.717, 1.165) is 10.6 Å². The Hall–Kier alpha value is -1.54. The Kier molecular flexibility index (Phi) is 5.69. The Labute approximate surface area is 144 Å². The Morgan fingerprint density at radius 1 is 1.26 bits per heavy atom. The van der Waals surface area contributed by atoms with Gasteiger partial charge in [0.25, 0.3) is 0 Å². The minimum Gasteiger partial charge on any atom is -0.468 e. The molecule has 2 aromatic rings. The average Bonchev–Trinajstić information content (AvgIpc) is 2.88. The Morgan fingerprint density at radius 3 is 2.43 bits per heavy atom. The molecule has 0 saturated heterocycles. The molecule has 0 aliphatic rings. The summed E-state index contributed by atoms with van der Waals surface area (Å²) in [5, 5.41) is 3.29. The normalized spacial score (nSPS) is 11.7. The van der Waals surface area contributed by atoms with Crippen molar-refractivity contribution in [3.05, 3.63) is 52.4 Å². The second-order valence-corrected chi connectivity index (χ2v) is 7.67. The van der Waals surface area contributed by atoms with Gasteiger partial charge in [0.2, 0.25) is 15.9 Å². The summed E-state index contributed by atoms with van der Waals surface area (Å²) in [6.07, 6.45) is 2.46. The maximum atomic E-state index is 12.1. The van der Waals surface area contributed by atoms with E-state index in [-0.39, 0.29) is 13.1 Å². The number of anilines is 1. The van der Waals surface area contributed by atoms with Gasteiger partial charge in [-0.05, 0) is 30.3 Å². The van der Waals surface area contributed by atoms with E-state index in [4.69, 9.17) is 27.6 Å². The van der Waals surface area contributed by atoms with E-state index in [9.17, 15) is 13.2 Å². The molecule has 0 aliphatic heterocycles. The highest BCUT2D eigenvalue weighted by Gasteiger charge is 2.21. The smallest absolute Gasteiger partial charge is 0.239 e. The second kappa shape index (κ2) is 7.35. The molecule has 1 heterocycles. The number of benzene rings is 1. The first-order valence-electron chi connectivity index (χ1n) is 6.47. The minimum absolute atomic E-state index is 0.0322. The number of furan rings is 1. The first-order valence-corrected chi connectivity index (χ1v) is 9.08. The summed E-state index contributed by atoms with van der Waals surface area (Å²) in [6.45, 7) is -0.390. The number of sulfonamides is 1. The zero-order valence-corrected chi connectivity index (χ0v) is 14.5. The third kappa shape index (κ3) is 5.54. The highest BCUT2D eigenvalue weighted by molar-refractivity contribution is 7.88. The lowest BCUT2D eigenvalue weighted by molar-refractivity contribution is -0.116. The molecule has 0 bridgehead atoms. The molecule has 0 unspecified atom stereocenters. The summed E-state index contributed by atoms with van der Waals surface area (Å²) in [6, 6.07) is 7.83. The van der Waals surface area contributed by atoms with Crippen molar-refractivity contribution in [3.63, 3.8) is 0 Å². The fourth-order valence-electron chi connectivity index (χ4n) is 1.85. The number of carbonyl (C=O) groups is 1. The summed E-state index contributed by atoms with van der Waals surface area (Å²) < 4.78 is 29.8. The van der Waals surface area contributed by atoms with Gasteiger partial charge < -0.3 is 9.73 Å². The number of amides is 1. The van der Waals surface area contributed by atoms with E-state index in [0.29, 0.717) is 21.5 Å². The molecule has 1 aromatic carbocycles. The van der Waals surface area contributed by atoms with Gasteiger partial charge in [-0.25, -0.2) is 8.42 Å². The molecule has 23 heavy (non-hydrogen) atoms. The lowest BCUT2D eigenvalue weighted by atomic mass is 10.3. The third-order valence-electron chi connectivity index (χ3n) is 2.85. The molecule has 1 aromatic heterocycles. The van der Waals surface area contributed by atoms with Gasteiger partial charge in [-0.2, -0.15) is 4.31 Å². The maximum Gasteiger partial charge on any atom is 0.239 e. The molecule has 0 fully saturated rings. The summed E-state index contributed by atoms with van der Waals surface area (Å²) in [7, 11) is -3.58. The van der Waals surface area contributed by atoms with Gasteiger partial charge in [-0.15, -0.1) is 0 Å². The van der Waals surface area contributed by atoms with Crippen LogP contribution in [-0.4, -0.2) is 31.4 Å². The molecule has 124 valence electrons. The molecular formula is C14H14Cl2N2O4S. The van der Waals surface area contributed by atoms with Crippen LogP contribution in [0.15, 0.2) is 41.0 Å².